The Morgan fingerprint density at radius 1 is 1.22 bits per heavy atom. The van der Waals surface area contributed by atoms with E-state index in [2.05, 4.69) is 5.32 Å². The zero-order chi connectivity index (χ0) is 14.1. The van der Waals surface area contributed by atoms with E-state index in [-0.39, 0.29) is 31.1 Å². The van der Waals surface area contributed by atoms with Crippen molar-refractivity contribution in [3.05, 3.63) is 0 Å². The molecule has 0 bridgehead atoms. The number of rotatable bonds is 9. The van der Waals surface area contributed by atoms with E-state index in [0.717, 1.165) is 0 Å². The molecule has 5 N–H and O–H groups in total. The van der Waals surface area contributed by atoms with Crippen LogP contribution in [0.2, 0.25) is 0 Å². The lowest BCUT2D eigenvalue weighted by atomic mass is 10.1. The third-order valence-electron chi connectivity index (χ3n) is 2.55. The maximum Gasteiger partial charge on any atom is 0.326 e. The van der Waals surface area contributed by atoms with Gasteiger partial charge in [0.15, 0.2) is 0 Å². The van der Waals surface area contributed by atoms with E-state index in [1.165, 1.54) is 0 Å². The molecule has 0 heterocycles. The van der Waals surface area contributed by atoms with Gasteiger partial charge in [-0.3, -0.25) is 9.59 Å². The number of hydrogen-bond donors (Lipinski definition) is 4. The molecular formula is C11H20N2O5. The number of amides is 1. The molecule has 0 radical (unpaired) electrons. The predicted octanol–water partition coefficient (Wildman–Crippen LogP) is -0.204. The molecule has 1 unspecified atom stereocenters. The Labute approximate surface area is 105 Å². The molecule has 7 nitrogen and oxygen atoms in total. The van der Waals surface area contributed by atoms with Gasteiger partial charge >= 0.3 is 11.9 Å². The molecule has 0 aliphatic heterocycles. The van der Waals surface area contributed by atoms with E-state index < -0.39 is 18.0 Å². The second kappa shape index (κ2) is 8.46. The number of nitrogens with two attached hydrogens (primary N) is 1. The molecule has 0 saturated carbocycles. The maximum absolute atomic E-state index is 11.6. The Hall–Kier alpha value is -1.63. The SMILES string of the molecule is CC(CCN)C(=O)N[C@H](CCCC(=O)O)C(=O)O. The summed E-state index contributed by atoms with van der Waals surface area (Å²) in [7, 11) is 0. The summed E-state index contributed by atoms with van der Waals surface area (Å²) >= 11 is 0. The molecule has 0 aromatic rings. The average Bonchev–Trinajstić information content (AvgIpc) is 2.27. The monoisotopic (exact) mass is 260 g/mol. The Balaban J connectivity index is 4.22. The minimum atomic E-state index is -1.16. The van der Waals surface area contributed by atoms with Crippen molar-refractivity contribution >= 4 is 17.8 Å². The van der Waals surface area contributed by atoms with Gasteiger partial charge in [-0.05, 0) is 25.8 Å². The second-order valence-corrected chi connectivity index (χ2v) is 4.16. The molecular weight excluding hydrogens is 240 g/mol. The lowest BCUT2D eigenvalue weighted by Gasteiger charge is -2.17. The van der Waals surface area contributed by atoms with Gasteiger partial charge < -0.3 is 21.3 Å². The fraction of sp³-hybridized carbons (Fsp3) is 0.727. The van der Waals surface area contributed by atoms with Crippen LogP contribution in [0.25, 0.3) is 0 Å². The molecule has 104 valence electrons. The third-order valence-corrected chi connectivity index (χ3v) is 2.55. The number of aliphatic carboxylic acids is 2. The first-order valence-corrected chi connectivity index (χ1v) is 5.83. The summed E-state index contributed by atoms with van der Waals surface area (Å²) in [4.78, 5) is 32.8. The van der Waals surface area contributed by atoms with Crippen LogP contribution >= 0.6 is 0 Å². The van der Waals surface area contributed by atoms with E-state index in [9.17, 15) is 14.4 Å². The van der Waals surface area contributed by atoms with Gasteiger partial charge in [-0.1, -0.05) is 6.92 Å². The lowest BCUT2D eigenvalue weighted by molar-refractivity contribution is -0.143. The first-order chi connectivity index (χ1) is 8.38. The summed E-state index contributed by atoms with van der Waals surface area (Å²) in [6.07, 6.45) is 0.672. The highest BCUT2D eigenvalue weighted by Crippen LogP contribution is 2.05. The van der Waals surface area contributed by atoms with Gasteiger partial charge in [0.1, 0.15) is 6.04 Å². The van der Waals surface area contributed by atoms with Gasteiger partial charge in [-0.25, -0.2) is 4.79 Å². The van der Waals surface area contributed by atoms with Crippen LogP contribution in [0.3, 0.4) is 0 Å². The minimum absolute atomic E-state index is 0.0999. The number of carboxylic acids is 2. The van der Waals surface area contributed by atoms with Crippen molar-refractivity contribution in [3.63, 3.8) is 0 Å². The summed E-state index contributed by atoms with van der Waals surface area (Å²) in [5.41, 5.74) is 5.31. The normalized spacial score (nSPS) is 13.7. The Morgan fingerprint density at radius 2 is 1.83 bits per heavy atom. The van der Waals surface area contributed by atoms with Crippen LogP contribution in [0.5, 0.6) is 0 Å². The molecule has 0 saturated heterocycles. The van der Waals surface area contributed by atoms with E-state index in [1.807, 2.05) is 0 Å². The number of hydrogen-bond acceptors (Lipinski definition) is 4. The molecule has 0 rings (SSSR count). The van der Waals surface area contributed by atoms with Crippen molar-refractivity contribution in [1.29, 1.82) is 0 Å². The summed E-state index contributed by atoms with van der Waals surface area (Å²) in [5, 5.41) is 19.8. The summed E-state index contributed by atoms with van der Waals surface area (Å²) in [6.45, 7) is 2.02. The fourth-order valence-corrected chi connectivity index (χ4v) is 1.41. The number of carbonyl (C=O) groups excluding carboxylic acids is 1. The van der Waals surface area contributed by atoms with Crippen LogP contribution < -0.4 is 11.1 Å². The summed E-state index contributed by atoms with van der Waals surface area (Å²) < 4.78 is 0. The van der Waals surface area contributed by atoms with Gasteiger partial charge in [-0.15, -0.1) is 0 Å². The third kappa shape index (κ3) is 6.85. The van der Waals surface area contributed by atoms with Crippen LogP contribution in [-0.2, 0) is 14.4 Å². The van der Waals surface area contributed by atoms with Crippen molar-refractivity contribution in [1.82, 2.24) is 5.32 Å². The lowest BCUT2D eigenvalue weighted by Crippen LogP contribution is -2.43. The number of carboxylic acid groups (broad SMARTS) is 2. The molecule has 0 aromatic carbocycles. The van der Waals surface area contributed by atoms with Crippen molar-refractivity contribution in [2.45, 2.75) is 38.6 Å². The quantitative estimate of drug-likeness (QED) is 0.454. The zero-order valence-corrected chi connectivity index (χ0v) is 10.4. The standard InChI is InChI=1S/C11H20N2O5/c1-7(5-6-12)10(16)13-8(11(17)18)3-2-4-9(14)15/h7-8H,2-6,12H2,1H3,(H,13,16)(H,14,15)(H,17,18)/t7?,8-/m1/s1. The highest BCUT2D eigenvalue weighted by molar-refractivity contribution is 5.84. The van der Waals surface area contributed by atoms with E-state index >= 15 is 0 Å². The van der Waals surface area contributed by atoms with E-state index in [1.54, 1.807) is 6.92 Å². The van der Waals surface area contributed by atoms with Gasteiger partial charge in [0.2, 0.25) is 5.91 Å². The van der Waals surface area contributed by atoms with Crippen LogP contribution in [0.1, 0.15) is 32.6 Å². The second-order valence-electron chi connectivity index (χ2n) is 4.16. The molecule has 18 heavy (non-hydrogen) atoms. The topological polar surface area (TPSA) is 130 Å². The largest absolute Gasteiger partial charge is 0.481 e. The maximum atomic E-state index is 11.6. The van der Waals surface area contributed by atoms with Crippen LogP contribution in [-0.4, -0.2) is 40.6 Å². The van der Waals surface area contributed by atoms with E-state index in [4.69, 9.17) is 15.9 Å². The molecule has 1 amide bonds. The van der Waals surface area contributed by atoms with Crippen molar-refractivity contribution < 1.29 is 24.6 Å². The van der Waals surface area contributed by atoms with Gasteiger partial charge in [0.05, 0.1) is 0 Å². The Kier molecular flexibility index (Phi) is 7.69. The highest BCUT2D eigenvalue weighted by Gasteiger charge is 2.22. The zero-order valence-electron chi connectivity index (χ0n) is 10.4. The molecule has 0 aromatic heterocycles. The predicted molar refractivity (Wildman–Crippen MR) is 63.9 cm³/mol. The molecule has 0 spiro atoms. The number of carbonyl (C=O) groups is 3. The molecule has 0 aliphatic carbocycles. The molecule has 0 fully saturated rings. The van der Waals surface area contributed by atoms with Crippen LogP contribution in [0.4, 0.5) is 0 Å². The molecule has 0 aliphatic rings. The van der Waals surface area contributed by atoms with Gasteiger partial charge in [-0.2, -0.15) is 0 Å². The van der Waals surface area contributed by atoms with E-state index in [0.29, 0.717) is 13.0 Å². The van der Waals surface area contributed by atoms with Crippen LogP contribution in [0, 0.1) is 5.92 Å². The number of nitrogens with one attached hydrogen (secondary N) is 1. The highest BCUT2D eigenvalue weighted by atomic mass is 16.4. The molecule has 2 atom stereocenters. The Bertz CT molecular complexity index is 306. The smallest absolute Gasteiger partial charge is 0.326 e. The van der Waals surface area contributed by atoms with Crippen molar-refractivity contribution in [2.24, 2.45) is 11.7 Å². The average molecular weight is 260 g/mol. The Morgan fingerprint density at radius 3 is 2.28 bits per heavy atom. The summed E-state index contributed by atoms with van der Waals surface area (Å²) in [6, 6.07) is -1.04. The van der Waals surface area contributed by atoms with Crippen molar-refractivity contribution in [2.75, 3.05) is 6.54 Å². The first kappa shape index (κ1) is 16.4. The summed E-state index contributed by atoms with van der Waals surface area (Å²) in [5.74, 6) is -2.87. The van der Waals surface area contributed by atoms with Gasteiger partial charge in [0, 0.05) is 12.3 Å². The van der Waals surface area contributed by atoms with Crippen LogP contribution in [0.15, 0.2) is 0 Å². The van der Waals surface area contributed by atoms with Gasteiger partial charge in [0.25, 0.3) is 0 Å². The minimum Gasteiger partial charge on any atom is -0.481 e. The molecule has 7 heteroatoms. The van der Waals surface area contributed by atoms with Crippen molar-refractivity contribution in [3.8, 4) is 0 Å². The first-order valence-electron chi connectivity index (χ1n) is 5.83. The fourth-order valence-electron chi connectivity index (χ4n) is 1.41.